The highest BCUT2D eigenvalue weighted by molar-refractivity contribution is 5.90. The summed E-state index contributed by atoms with van der Waals surface area (Å²) in [4.78, 5) is 7.04. The van der Waals surface area contributed by atoms with E-state index >= 15 is 0 Å². The van der Waals surface area contributed by atoms with Crippen LogP contribution in [0.3, 0.4) is 0 Å². The Hall–Kier alpha value is -2.10. The van der Waals surface area contributed by atoms with Crippen LogP contribution in [0.15, 0.2) is 35.1 Å². The van der Waals surface area contributed by atoms with Crippen molar-refractivity contribution in [1.82, 2.24) is 15.1 Å². The van der Waals surface area contributed by atoms with Crippen molar-refractivity contribution in [2.24, 2.45) is 0 Å². The van der Waals surface area contributed by atoms with Gasteiger partial charge in [-0.2, -0.15) is 0 Å². The molecule has 14 heavy (non-hydrogen) atoms. The first-order valence-electron chi connectivity index (χ1n) is 4.21. The van der Waals surface area contributed by atoms with Crippen LogP contribution in [0.25, 0.3) is 22.3 Å². The van der Waals surface area contributed by atoms with E-state index in [9.17, 15) is 0 Å². The maximum atomic E-state index is 4.80. The van der Waals surface area contributed by atoms with Crippen molar-refractivity contribution >= 4 is 11.0 Å². The van der Waals surface area contributed by atoms with E-state index in [2.05, 4.69) is 21.5 Å². The molecule has 4 nitrogen and oxygen atoms in total. The number of benzene rings is 1. The first-order chi connectivity index (χ1) is 6.95. The molecule has 0 aliphatic rings. The number of H-pyrrole nitrogens is 1. The summed E-state index contributed by atoms with van der Waals surface area (Å²) < 4.78 is 4.80. The molecular formula is C10H6N3O. The van der Waals surface area contributed by atoms with E-state index < -0.39 is 0 Å². The van der Waals surface area contributed by atoms with Crippen molar-refractivity contribution < 1.29 is 4.52 Å². The molecule has 0 fully saturated rings. The van der Waals surface area contributed by atoms with Gasteiger partial charge in [-0.1, -0.05) is 17.3 Å². The van der Waals surface area contributed by atoms with Crippen LogP contribution < -0.4 is 0 Å². The summed E-state index contributed by atoms with van der Waals surface area (Å²) in [5.41, 5.74) is 3.55. The molecule has 2 heterocycles. The van der Waals surface area contributed by atoms with Crippen molar-refractivity contribution in [3.63, 3.8) is 0 Å². The van der Waals surface area contributed by atoms with Gasteiger partial charge in [-0.05, 0) is 6.07 Å². The molecule has 1 radical (unpaired) electrons. The van der Waals surface area contributed by atoms with E-state index in [0.717, 1.165) is 22.3 Å². The van der Waals surface area contributed by atoms with Gasteiger partial charge < -0.3 is 9.51 Å². The van der Waals surface area contributed by atoms with Gasteiger partial charge >= 0.3 is 0 Å². The Morgan fingerprint density at radius 1 is 1.29 bits per heavy atom. The molecule has 3 rings (SSSR count). The minimum atomic E-state index is 0.788. The fourth-order valence-corrected chi connectivity index (χ4v) is 1.47. The zero-order chi connectivity index (χ0) is 9.38. The third-order valence-corrected chi connectivity index (χ3v) is 2.11. The van der Waals surface area contributed by atoms with Gasteiger partial charge in [-0.25, -0.2) is 4.98 Å². The van der Waals surface area contributed by atoms with Gasteiger partial charge in [-0.15, -0.1) is 0 Å². The Balaban J connectivity index is 2.36. The zero-order valence-corrected chi connectivity index (χ0v) is 7.19. The third-order valence-electron chi connectivity index (χ3n) is 2.11. The average Bonchev–Trinajstić information content (AvgIpc) is 2.88. The number of rotatable bonds is 1. The second-order valence-electron chi connectivity index (χ2n) is 2.94. The first kappa shape index (κ1) is 7.32. The molecule has 67 valence electrons. The molecule has 0 aliphatic carbocycles. The first-order valence-corrected chi connectivity index (χ1v) is 4.21. The average molecular weight is 184 g/mol. The van der Waals surface area contributed by atoms with E-state index in [-0.39, 0.29) is 0 Å². The van der Waals surface area contributed by atoms with Gasteiger partial charge in [0.25, 0.3) is 0 Å². The highest BCUT2D eigenvalue weighted by Crippen LogP contribution is 2.24. The minimum absolute atomic E-state index is 0.788. The largest absolute Gasteiger partial charge is 0.364 e. The summed E-state index contributed by atoms with van der Waals surface area (Å²) >= 11 is 0. The summed E-state index contributed by atoms with van der Waals surface area (Å²) in [7, 11) is 0. The lowest BCUT2D eigenvalue weighted by Crippen LogP contribution is -1.79. The lowest BCUT2D eigenvalue weighted by molar-refractivity contribution is 0.422. The normalized spacial score (nSPS) is 10.9. The van der Waals surface area contributed by atoms with Gasteiger partial charge in [0.05, 0.1) is 11.0 Å². The van der Waals surface area contributed by atoms with Crippen LogP contribution in [-0.4, -0.2) is 15.1 Å². The van der Waals surface area contributed by atoms with Crippen LogP contribution in [0, 0.1) is 6.33 Å². The third kappa shape index (κ3) is 0.939. The Morgan fingerprint density at radius 3 is 3.14 bits per heavy atom. The Kier molecular flexibility index (Phi) is 1.41. The lowest BCUT2D eigenvalue weighted by atomic mass is 10.1. The standard InChI is InChI=1S/C10H6N3O/c1-2-7(8-4-5-14-13-8)10-9(3-1)11-6-12-10/h1-5H,(H,11,12). The van der Waals surface area contributed by atoms with E-state index in [4.69, 9.17) is 4.52 Å². The van der Waals surface area contributed by atoms with Gasteiger partial charge in [0, 0.05) is 11.6 Å². The molecule has 0 aliphatic heterocycles. The summed E-state index contributed by atoms with van der Waals surface area (Å²) in [5.74, 6) is 0. The van der Waals surface area contributed by atoms with Crippen LogP contribution in [-0.2, 0) is 0 Å². The quantitative estimate of drug-likeness (QED) is 0.629. The van der Waals surface area contributed by atoms with E-state index in [1.54, 1.807) is 6.26 Å². The van der Waals surface area contributed by atoms with Crippen LogP contribution in [0.4, 0.5) is 0 Å². The van der Waals surface area contributed by atoms with Gasteiger partial charge in [0.15, 0.2) is 6.33 Å². The van der Waals surface area contributed by atoms with Gasteiger partial charge in [0.1, 0.15) is 12.0 Å². The number of nitrogens with zero attached hydrogens (tertiary/aromatic N) is 2. The molecule has 0 spiro atoms. The number of imidazole rings is 1. The van der Waals surface area contributed by atoms with Crippen molar-refractivity contribution in [2.75, 3.05) is 0 Å². The second-order valence-corrected chi connectivity index (χ2v) is 2.94. The maximum absolute atomic E-state index is 4.80. The monoisotopic (exact) mass is 184 g/mol. The molecule has 0 bridgehead atoms. The molecule has 0 amide bonds. The Labute approximate surface area is 79.6 Å². The van der Waals surface area contributed by atoms with Crippen LogP contribution in [0.1, 0.15) is 0 Å². The van der Waals surface area contributed by atoms with Crippen molar-refractivity contribution in [3.8, 4) is 11.3 Å². The fourth-order valence-electron chi connectivity index (χ4n) is 1.47. The van der Waals surface area contributed by atoms with E-state index in [1.807, 2.05) is 24.3 Å². The molecule has 0 saturated heterocycles. The second kappa shape index (κ2) is 2.70. The van der Waals surface area contributed by atoms with Gasteiger partial charge in [0.2, 0.25) is 0 Å². The number of para-hydroxylation sites is 1. The molecule has 1 aromatic carbocycles. The molecule has 0 unspecified atom stereocenters. The minimum Gasteiger partial charge on any atom is -0.364 e. The summed E-state index contributed by atoms with van der Waals surface area (Å²) in [6.45, 7) is 0. The zero-order valence-electron chi connectivity index (χ0n) is 7.19. The highest BCUT2D eigenvalue weighted by atomic mass is 16.5. The highest BCUT2D eigenvalue weighted by Gasteiger charge is 2.07. The predicted octanol–water partition coefficient (Wildman–Crippen LogP) is 2.02. The Morgan fingerprint density at radius 2 is 2.29 bits per heavy atom. The number of aromatic nitrogens is 3. The van der Waals surface area contributed by atoms with Crippen molar-refractivity contribution in [1.29, 1.82) is 0 Å². The summed E-state index contributed by atoms with van der Waals surface area (Å²) in [5, 5.41) is 3.87. The van der Waals surface area contributed by atoms with Gasteiger partial charge in [-0.3, -0.25) is 0 Å². The maximum Gasteiger partial charge on any atom is 0.174 e. The van der Waals surface area contributed by atoms with Crippen LogP contribution in [0.2, 0.25) is 0 Å². The smallest absolute Gasteiger partial charge is 0.174 e. The van der Waals surface area contributed by atoms with Crippen LogP contribution >= 0.6 is 0 Å². The molecule has 3 aromatic rings. The fraction of sp³-hybridized carbons (Fsp3) is 0. The number of nitrogens with one attached hydrogen (secondary N) is 1. The van der Waals surface area contributed by atoms with Crippen molar-refractivity contribution in [2.45, 2.75) is 0 Å². The molecule has 0 saturated carbocycles. The molecule has 4 heteroatoms. The lowest BCUT2D eigenvalue weighted by Gasteiger charge is -1.95. The topological polar surface area (TPSA) is 54.7 Å². The Bertz CT molecular complexity index is 554. The molecule has 0 atom stereocenters. The summed E-state index contributed by atoms with van der Waals surface area (Å²) in [6.07, 6.45) is 4.25. The van der Waals surface area contributed by atoms with E-state index in [1.165, 1.54) is 0 Å². The molecule has 2 aromatic heterocycles. The SMILES string of the molecule is [c]1nc2c(-c3ccon3)cccc2[nH]1. The number of aromatic amines is 1. The number of hydrogen-bond acceptors (Lipinski definition) is 3. The summed E-state index contributed by atoms with van der Waals surface area (Å²) in [6, 6.07) is 7.65. The number of hydrogen-bond donors (Lipinski definition) is 1. The van der Waals surface area contributed by atoms with Crippen molar-refractivity contribution in [3.05, 3.63) is 36.9 Å². The predicted molar refractivity (Wildman–Crippen MR) is 50.4 cm³/mol. The number of fused-ring (bicyclic) bond motifs is 1. The molecular weight excluding hydrogens is 178 g/mol. The molecule has 1 N–H and O–H groups in total. The van der Waals surface area contributed by atoms with Crippen LogP contribution in [0.5, 0.6) is 0 Å². The van der Waals surface area contributed by atoms with E-state index in [0.29, 0.717) is 0 Å².